The summed E-state index contributed by atoms with van der Waals surface area (Å²) in [4.78, 5) is 0. The van der Waals surface area contributed by atoms with Crippen molar-refractivity contribution < 1.29 is 9.15 Å². The molecule has 4 heterocycles. The molecular weight excluding hydrogens is 947 g/mol. The average Bonchev–Trinajstić information content (AvgIpc) is 4.17. The number of hydrogen-bond acceptors (Lipinski definition) is 3. The van der Waals surface area contributed by atoms with Crippen molar-refractivity contribution in [2.24, 2.45) is 0 Å². The molecule has 0 aliphatic carbocycles. The number of furan rings is 1. The van der Waals surface area contributed by atoms with Crippen LogP contribution in [-0.4, -0.2) is 12.6 Å². The van der Waals surface area contributed by atoms with Gasteiger partial charge in [-0.1, -0.05) is 194 Å². The molecule has 0 saturated heterocycles. The minimum absolute atomic E-state index is 0.895. The fourth-order valence-electron chi connectivity index (χ4n) is 12.7. The molecule has 0 spiro atoms. The van der Waals surface area contributed by atoms with E-state index in [-0.39, 0.29) is 0 Å². The highest BCUT2D eigenvalue weighted by atomic mass is 32.1. The highest BCUT2D eigenvalue weighted by molar-refractivity contribution is 7.26. The first-order chi connectivity index (χ1) is 37.2. The Labute approximate surface area is 437 Å². The van der Waals surface area contributed by atoms with Crippen LogP contribution in [0.25, 0.3) is 114 Å². The molecule has 5 heteroatoms. The second kappa shape index (κ2) is 16.4. The molecule has 1 aliphatic heterocycles. The minimum atomic E-state index is -3.23. The maximum atomic E-state index is 7.22. The molecule has 3 aromatic heterocycles. The van der Waals surface area contributed by atoms with E-state index in [1.54, 1.807) is 0 Å². The van der Waals surface area contributed by atoms with Gasteiger partial charge < -0.3 is 13.7 Å². The van der Waals surface area contributed by atoms with Gasteiger partial charge in [0.1, 0.15) is 22.7 Å². The molecule has 15 aromatic rings. The number of rotatable bonds is 6. The van der Waals surface area contributed by atoms with Crippen molar-refractivity contribution in [2.75, 3.05) is 0 Å². The predicted molar refractivity (Wildman–Crippen MR) is 318 cm³/mol. The first kappa shape index (κ1) is 42.3. The van der Waals surface area contributed by atoms with Gasteiger partial charge >= 0.3 is 0 Å². The minimum Gasteiger partial charge on any atom is -0.458 e. The van der Waals surface area contributed by atoms with Crippen molar-refractivity contribution in [3.63, 3.8) is 0 Å². The number of fused-ring (bicyclic) bond motifs is 12. The molecule has 0 N–H and O–H groups in total. The van der Waals surface area contributed by atoms with E-state index >= 15 is 0 Å². The van der Waals surface area contributed by atoms with Crippen LogP contribution in [0.1, 0.15) is 0 Å². The Kier molecular flexibility index (Phi) is 9.23. The van der Waals surface area contributed by atoms with Gasteiger partial charge in [-0.05, 0) is 126 Å². The van der Waals surface area contributed by atoms with Crippen LogP contribution in [-0.2, 0) is 0 Å². The largest absolute Gasteiger partial charge is 0.458 e. The van der Waals surface area contributed by atoms with Crippen LogP contribution in [0.5, 0.6) is 11.5 Å². The van der Waals surface area contributed by atoms with Gasteiger partial charge in [0.25, 0.3) is 0 Å². The third-order valence-electron chi connectivity index (χ3n) is 16.0. The lowest BCUT2D eigenvalue weighted by Crippen LogP contribution is -2.76. The number of thiophene rings is 1. The van der Waals surface area contributed by atoms with Gasteiger partial charge in [-0.15, -0.1) is 11.3 Å². The summed E-state index contributed by atoms with van der Waals surface area (Å²) in [5, 5.41) is 14.9. The Morgan fingerprint density at radius 3 is 1.76 bits per heavy atom. The van der Waals surface area contributed by atoms with E-state index in [4.69, 9.17) is 9.15 Å². The Balaban J connectivity index is 0.923. The van der Waals surface area contributed by atoms with Gasteiger partial charge in [0.05, 0.1) is 16.7 Å². The first-order valence-electron chi connectivity index (χ1n) is 25.6. The third kappa shape index (κ3) is 6.26. The highest BCUT2D eigenvalue weighted by Crippen LogP contribution is 2.42. The molecule has 16 rings (SSSR count). The zero-order chi connectivity index (χ0) is 49.2. The zero-order valence-corrected chi connectivity index (χ0v) is 42.3. The summed E-state index contributed by atoms with van der Waals surface area (Å²) in [5.74, 6) is 1.79. The number of nitrogens with zero attached hydrogens (tertiary/aromatic N) is 1. The van der Waals surface area contributed by atoms with Gasteiger partial charge in [0.15, 0.2) is 8.07 Å². The normalized spacial score (nSPS) is 14.3. The molecule has 3 nitrogen and oxygen atoms in total. The summed E-state index contributed by atoms with van der Waals surface area (Å²) < 4.78 is 18.6. The van der Waals surface area contributed by atoms with E-state index in [1.165, 1.54) is 84.6 Å². The van der Waals surface area contributed by atoms with Crippen LogP contribution in [0.4, 0.5) is 0 Å². The van der Waals surface area contributed by atoms with Crippen molar-refractivity contribution in [2.45, 2.75) is 0 Å². The number of para-hydroxylation sites is 4. The molecule has 1 aliphatic rings. The van der Waals surface area contributed by atoms with E-state index in [0.29, 0.717) is 0 Å². The zero-order valence-electron chi connectivity index (χ0n) is 40.5. The lowest BCUT2D eigenvalue weighted by Gasteiger charge is -2.40. The number of aromatic nitrogens is 1. The summed E-state index contributed by atoms with van der Waals surface area (Å²) in [7, 11) is -3.23. The average molecular weight is 990 g/mol. The molecule has 75 heavy (non-hydrogen) atoms. The second-order valence-corrected chi connectivity index (χ2v) is 24.6. The molecule has 0 bridgehead atoms. The monoisotopic (exact) mass is 989 g/mol. The Bertz CT molecular complexity index is 4780. The molecular formula is C70H43NO2SSi. The van der Waals surface area contributed by atoms with Crippen molar-refractivity contribution in [1.82, 2.24) is 4.57 Å². The van der Waals surface area contributed by atoms with Gasteiger partial charge in [0, 0.05) is 47.1 Å². The maximum absolute atomic E-state index is 7.22. The summed E-state index contributed by atoms with van der Waals surface area (Å²) >= 11 is 1.86. The van der Waals surface area contributed by atoms with Gasteiger partial charge in [-0.3, -0.25) is 0 Å². The number of benzene rings is 12. The van der Waals surface area contributed by atoms with E-state index in [2.05, 4.69) is 253 Å². The second-order valence-electron chi connectivity index (χ2n) is 19.9. The lowest BCUT2D eigenvalue weighted by molar-refractivity contribution is 0.487. The van der Waals surface area contributed by atoms with Crippen LogP contribution in [0.15, 0.2) is 265 Å². The van der Waals surface area contributed by atoms with Crippen molar-refractivity contribution in [1.29, 1.82) is 0 Å². The molecule has 0 amide bonds. The SMILES string of the molecule is c1cc(-c2ccc3c(c2)Oc2ccccc2[Si]3(c2ccc(-c3ccc4oc5ccccc5c4c3)cc2)c2ccc(-n3c4ccccc4c4ccccc43)c3ccccc23)cc(-c2cccc3sc4ccccc4c23)c1. The standard InChI is InChI=1S/C70H43NO2SSi/c1-2-21-55-53(19-1)60(71-58-24-7-3-17-51(58)52-18-4-8-25-59(52)71)37-40-67(55)75(49-35-31-44(32-36-49)46-33-38-62-57(42-46)54-20-5-9-26-61(54)72-62)68-30-12-10-27-63(68)73-64-43-47(34-39-69(64)75)45-15-13-16-48(41-45)50-23-14-29-66-70(50)56-22-6-11-28-65(56)74-66/h1-43H. The number of ether oxygens (including phenoxy) is 1. The summed E-state index contributed by atoms with van der Waals surface area (Å²) in [6, 6.07) is 96.3. The first-order valence-corrected chi connectivity index (χ1v) is 28.4. The molecule has 12 aromatic carbocycles. The van der Waals surface area contributed by atoms with Crippen LogP contribution in [0, 0.1) is 0 Å². The highest BCUT2D eigenvalue weighted by Gasteiger charge is 2.49. The molecule has 1 atom stereocenters. The van der Waals surface area contributed by atoms with Gasteiger partial charge in [0.2, 0.25) is 0 Å². The fourth-order valence-corrected chi connectivity index (χ4v) is 18.9. The Morgan fingerprint density at radius 1 is 0.333 bits per heavy atom. The number of hydrogen-bond donors (Lipinski definition) is 0. The van der Waals surface area contributed by atoms with E-state index < -0.39 is 8.07 Å². The predicted octanol–water partition coefficient (Wildman–Crippen LogP) is 16.7. The van der Waals surface area contributed by atoms with Crippen molar-refractivity contribution in [3.05, 3.63) is 261 Å². The summed E-state index contributed by atoms with van der Waals surface area (Å²) in [6.07, 6.45) is 0. The van der Waals surface area contributed by atoms with E-state index in [9.17, 15) is 0 Å². The van der Waals surface area contributed by atoms with Gasteiger partial charge in [-0.2, -0.15) is 0 Å². The van der Waals surface area contributed by atoms with Crippen LogP contribution in [0.3, 0.4) is 0 Å². The molecule has 0 saturated carbocycles. The Morgan fingerprint density at radius 2 is 0.920 bits per heavy atom. The van der Waals surface area contributed by atoms with Crippen molar-refractivity contribution in [3.8, 4) is 50.6 Å². The topological polar surface area (TPSA) is 27.3 Å². The van der Waals surface area contributed by atoms with Crippen LogP contribution >= 0.6 is 11.3 Å². The van der Waals surface area contributed by atoms with Gasteiger partial charge in [-0.25, -0.2) is 0 Å². The van der Waals surface area contributed by atoms with Crippen LogP contribution < -0.4 is 25.5 Å². The molecule has 0 radical (unpaired) electrons. The molecule has 350 valence electrons. The third-order valence-corrected chi connectivity index (χ3v) is 22.0. The summed E-state index contributed by atoms with van der Waals surface area (Å²) in [6.45, 7) is 0. The molecule has 0 fully saturated rings. The molecule has 1 unspecified atom stereocenters. The van der Waals surface area contributed by atoms with Crippen LogP contribution in [0.2, 0.25) is 0 Å². The fraction of sp³-hybridized carbons (Fsp3) is 0. The smallest absolute Gasteiger partial charge is 0.188 e. The van der Waals surface area contributed by atoms with E-state index in [1.807, 2.05) is 23.5 Å². The maximum Gasteiger partial charge on any atom is 0.188 e. The quantitative estimate of drug-likeness (QED) is 0.155. The van der Waals surface area contributed by atoms with Crippen molar-refractivity contribution >= 4 is 115 Å². The van der Waals surface area contributed by atoms with E-state index in [0.717, 1.165) is 61.4 Å². The summed E-state index contributed by atoms with van der Waals surface area (Å²) in [5.41, 5.74) is 12.4. The lowest BCUT2D eigenvalue weighted by atomic mass is 9.96. The Hall–Kier alpha value is -9.26.